The highest BCUT2D eigenvalue weighted by atomic mass is 32.2. The zero-order valence-corrected chi connectivity index (χ0v) is 13.9. The van der Waals surface area contributed by atoms with Crippen LogP contribution in [0.5, 0.6) is 0 Å². The summed E-state index contributed by atoms with van der Waals surface area (Å²) in [5.74, 6) is 0.431. The maximum absolute atomic E-state index is 13.4. The van der Waals surface area contributed by atoms with Crippen LogP contribution < -0.4 is 4.72 Å². The van der Waals surface area contributed by atoms with Gasteiger partial charge in [-0.25, -0.2) is 17.5 Å². The van der Waals surface area contributed by atoms with Gasteiger partial charge in [0.1, 0.15) is 5.82 Å². The Kier molecular flexibility index (Phi) is 4.73. The fourth-order valence-electron chi connectivity index (χ4n) is 3.33. The van der Waals surface area contributed by atoms with Gasteiger partial charge in [-0.1, -0.05) is 26.7 Å². The van der Waals surface area contributed by atoms with Crippen molar-refractivity contribution in [2.75, 3.05) is 0 Å². The molecule has 0 spiro atoms. The lowest BCUT2D eigenvalue weighted by Crippen LogP contribution is -2.43. The minimum Gasteiger partial charge on any atom is -0.208 e. The second-order valence-electron chi connectivity index (χ2n) is 6.36. The highest BCUT2D eigenvalue weighted by molar-refractivity contribution is 7.89. The number of aryl methyl sites for hydroxylation is 2. The first-order chi connectivity index (χ1) is 9.72. The molecule has 118 valence electrons. The number of benzene rings is 1. The molecule has 0 heterocycles. The van der Waals surface area contributed by atoms with Crippen LogP contribution in [0.1, 0.15) is 44.2 Å². The first-order valence-corrected chi connectivity index (χ1v) is 8.99. The van der Waals surface area contributed by atoms with E-state index in [4.69, 9.17) is 0 Å². The van der Waals surface area contributed by atoms with Crippen molar-refractivity contribution in [2.45, 2.75) is 57.9 Å². The van der Waals surface area contributed by atoms with E-state index < -0.39 is 15.8 Å². The highest BCUT2D eigenvalue weighted by Crippen LogP contribution is 2.31. The summed E-state index contributed by atoms with van der Waals surface area (Å²) in [5.41, 5.74) is 0.910. The molecule has 0 radical (unpaired) electrons. The van der Waals surface area contributed by atoms with Gasteiger partial charge in [0.25, 0.3) is 0 Å². The standard InChI is InChI=1S/C16H24FNO2S/c1-10-6-5-7-15(13(10)4)18-21(19,20)16-11(2)8-14(17)9-12(16)3/h8-10,13,15,18H,5-7H2,1-4H3. The minimum absolute atomic E-state index is 0.0393. The number of sulfonamides is 1. The lowest BCUT2D eigenvalue weighted by Gasteiger charge is -2.34. The Morgan fingerprint density at radius 1 is 1.14 bits per heavy atom. The van der Waals surface area contributed by atoms with E-state index in [0.29, 0.717) is 23.0 Å². The van der Waals surface area contributed by atoms with Gasteiger partial charge in [-0.05, 0) is 55.4 Å². The molecule has 3 atom stereocenters. The number of nitrogens with one attached hydrogen (secondary N) is 1. The molecule has 3 unspecified atom stereocenters. The van der Waals surface area contributed by atoms with E-state index in [2.05, 4.69) is 18.6 Å². The molecule has 0 aliphatic heterocycles. The highest BCUT2D eigenvalue weighted by Gasteiger charge is 2.31. The number of halogens is 1. The van der Waals surface area contributed by atoms with Gasteiger partial charge in [-0.2, -0.15) is 0 Å². The number of hydrogen-bond donors (Lipinski definition) is 1. The molecule has 2 rings (SSSR count). The van der Waals surface area contributed by atoms with Gasteiger partial charge in [0.2, 0.25) is 10.0 Å². The SMILES string of the molecule is Cc1cc(F)cc(C)c1S(=O)(=O)NC1CCCC(C)C1C. The van der Waals surface area contributed by atoms with E-state index in [0.717, 1.165) is 19.3 Å². The molecule has 1 aliphatic carbocycles. The third kappa shape index (κ3) is 3.46. The molecule has 1 aromatic carbocycles. The van der Waals surface area contributed by atoms with Gasteiger partial charge >= 0.3 is 0 Å². The largest absolute Gasteiger partial charge is 0.241 e. The summed E-state index contributed by atoms with van der Waals surface area (Å²) in [7, 11) is -3.61. The Bertz CT molecular complexity index is 604. The Hall–Kier alpha value is -0.940. The molecule has 3 nitrogen and oxygen atoms in total. The lowest BCUT2D eigenvalue weighted by atomic mass is 9.78. The summed E-state index contributed by atoms with van der Waals surface area (Å²) in [5, 5.41) is 0. The van der Waals surface area contributed by atoms with Crippen LogP contribution in [-0.4, -0.2) is 14.5 Å². The molecule has 21 heavy (non-hydrogen) atoms. The first kappa shape index (κ1) is 16.4. The van der Waals surface area contributed by atoms with Crippen LogP contribution in [0, 0.1) is 31.5 Å². The molecular formula is C16H24FNO2S. The summed E-state index contributed by atoms with van der Waals surface area (Å²) < 4.78 is 41.5. The molecule has 1 aliphatic rings. The summed E-state index contributed by atoms with van der Waals surface area (Å²) >= 11 is 0. The Labute approximate surface area is 127 Å². The molecule has 1 N–H and O–H groups in total. The molecule has 0 amide bonds. The van der Waals surface area contributed by atoms with Crippen LogP contribution in [0.15, 0.2) is 17.0 Å². The first-order valence-electron chi connectivity index (χ1n) is 7.51. The smallest absolute Gasteiger partial charge is 0.208 e. The van der Waals surface area contributed by atoms with E-state index in [1.165, 1.54) is 12.1 Å². The van der Waals surface area contributed by atoms with E-state index in [1.54, 1.807) is 13.8 Å². The third-order valence-corrected chi connectivity index (χ3v) is 6.50. The molecule has 5 heteroatoms. The Balaban J connectivity index is 2.31. The van der Waals surface area contributed by atoms with Crippen LogP contribution in [0.2, 0.25) is 0 Å². The monoisotopic (exact) mass is 313 g/mol. The average Bonchev–Trinajstić information content (AvgIpc) is 2.33. The van der Waals surface area contributed by atoms with Crippen molar-refractivity contribution in [3.8, 4) is 0 Å². The summed E-state index contributed by atoms with van der Waals surface area (Å²) in [6, 6.07) is 2.51. The summed E-state index contributed by atoms with van der Waals surface area (Å²) in [6.07, 6.45) is 3.05. The van der Waals surface area contributed by atoms with Crippen LogP contribution in [0.25, 0.3) is 0 Å². The van der Waals surface area contributed by atoms with Crippen LogP contribution in [0.4, 0.5) is 4.39 Å². The molecule has 0 aromatic heterocycles. The quantitative estimate of drug-likeness (QED) is 0.927. The summed E-state index contributed by atoms with van der Waals surface area (Å²) in [4.78, 5) is 0.217. The van der Waals surface area contributed by atoms with Crippen LogP contribution in [-0.2, 0) is 10.0 Å². The number of rotatable bonds is 3. The second kappa shape index (κ2) is 6.05. The van der Waals surface area contributed by atoms with Crippen molar-refractivity contribution >= 4 is 10.0 Å². The zero-order chi connectivity index (χ0) is 15.8. The van der Waals surface area contributed by atoms with Gasteiger partial charge in [0.15, 0.2) is 0 Å². The Morgan fingerprint density at radius 2 is 1.71 bits per heavy atom. The van der Waals surface area contributed by atoms with Gasteiger partial charge in [0, 0.05) is 6.04 Å². The molecule has 1 aromatic rings. The molecule has 1 saturated carbocycles. The maximum Gasteiger partial charge on any atom is 0.241 e. The van der Waals surface area contributed by atoms with Gasteiger partial charge < -0.3 is 0 Å². The summed E-state index contributed by atoms with van der Waals surface area (Å²) in [6.45, 7) is 7.54. The van der Waals surface area contributed by atoms with Crippen molar-refractivity contribution in [1.29, 1.82) is 0 Å². The predicted molar refractivity (Wildman–Crippen MR) is 82.2 cm³/mol. The van der Waals surface area contributed by atoms with Crippen LogP contribution in [0.3, 0.4) is 0 Å². The van der Waals surface area contributed by atoms with Crippen molar-refractivity contribution in [1.82, 2.24) is 4.72 Å². The maximum atomic E-state index is 13.4. The van der Waals surface area contributed by atoms with Crippen molar-refractivity contribution in [3.05, 3.63) is 29.1 Å². The predicted octanol–water partition coefficient (Wildman–Crippen LogP) is 3.55. The topological polar surface area (TPSA) is 46.2 Å². The van der Waals surface area contributed by atoms with Crippen molar-refractivity contribution in [2.24, 2.45) is 11.8 Å². The zero-order valence-electron chi connectivity index (χ0n) is 13.1. The van der Waals surface area contributed by atoms with E-state index in [9.17, 15) is 12.8 Å². The fraction of sp³-hybridized carbons (Fsp3) is 0.625. The fourth-order valence-corrected chi connectivity index (χ4v) is 5.14. The van der Waals surface area contributed by atoms with E-state index in [1.807, 2.05) is 0 Å². The van der Waals surface area contributed by atoms with Crippen molar-refractivity contribution < 1.29 is 12.8 Å². The molecular weight excluding hydrogens is 289 g/mol. The van der Waals surface area contributed by atoms with E-state index in [-0.39, 0.29) is 10.9 Å². The minimum atomic E-state index is -3.61. The van der Waals surface area contributed by atoms with Gasteiger partial charge in [-0.15, -0.1) is 0 Å². The lowest BCUT2D eigenvalue weighted by molar-refractivity contribution is 0.227. The second-order valence-corrected chi connectivity index (χ2v) is 8.01. The third-order valence-electron chi connectivity index (χ3n) is 4.71. The molecule has 0 saturated heterocycles. The number of hydrogen-bond acceptors (Lipinski definition) is 2. The molecule has 1 fully saturated rings. The average molecular weight is 313 g/mol. The van der Waals surface area contributed by atoms with Gasteiger partial charge in [0.05, 0.1) is 4.90 Å². The van der Waals surface area contributed by atoms with Gasteiger partial charge in [-0.3, -0.25) is 0 Å². The Morgan fingerprint density at radius 3 is 2.29 bits per heavy atom. The van der Waals surface area contributed by atoms with Crippen molar-refractivity contribution in [3.63, 3.8) is 0 Å². The van der Waals surface area contributed by atoms with Crippen LogP contribution >= 0.6 is 0 Å². The molecule has 0 bridgehead atoms. The van der Waals surface area contributed by atoms with E-state index >= 15 is 0 Å². The normalized spacial score (nSPS) is 26.8.